The molecule has 2 aromatic rings. The maximum absolute atomic E-state index is 12.5. The summed E-state index contributed by atoms with van der Waals surface area (Å²) >= 11 is 0. The van der Waals surface area contributed by atoms with Crippen LogP contribution in [0.3, 0.4) is 0 Å². The van der Waals surface area contributed by atoms with Crippen LogP contribution in [-0.4, -0.2) is 38.3 Å². The SMILES string of the molecule is CCN(CC)S(=O)(=O)c1ccc(OCC(=O)N[C@H]2CCCc3ccccc32)cc1. The number of nitrogens with one attached hydrogen (secondary N) is 1. The Morgan fingerprint density at radius 2 is 1.79 bits per heavy atom. The van der Waals surface area contributed by atoms with Crippen molar-refractivity contribution in [2.45, 2.75) is 44.0 Å². The van der Waals surface area contributed by atoms with E-state index in [0.29, 0.717) is 18.8 Å². The second kappa shape index (κ2) is 9.41. The van der Waals surface area contributed by atoms with Gasteiger partial charge in [-0.05, 0) is 54.7 Å². The molecule has 29 heavy (non-hydrogen) atoms. The number of amides is 1. The molecule has 1 amide bonds. The number of carbonyl (C=O) groups excluding carboxylic acids is 1. The Hall–Kier alpha value is -2.38. The second-order valence-corrected chi connectivity index (χ2v) is 9.00. The summed E-state index contributed by atoms with van der Waals surface area (Å²) in [6.07, 6.45) is 3.01. The van der Waals surface area contributed by atoms with E-state index in [-0.39, 0.29) is 23.5 Å². The average Bonchev–Trinajstić information content (AvgIpc) is 2.73. The van der Waals surface area contributed by atoms with E-state index >= 15 is 0 Å². The van der Waals surface area contributed by atoms with Crippen molar-refractivity contribution in [1.29, 1.82) is 0 Å². The largest absolute Gasteiger partial charge is 0.484 e. The Balaban J connectivity index is 1.58. The predicted molar refractivity (Wildman–Crippen MR) is 112 cm³/mol. The van der Waals surface area contributed by atoms with Crippen LogP contribution in [0.1, 0.15) is 43.9 Å². The van der Waals surface area contributed by atoms with Crippen molar-refractivity contribution in [1.82, 2.24) is 9.62 Å². The van der Waals surface area contributed by atoms with Crippen molar-refractivity contribution in [3.8, 4) is 5.75 Å². The van der Waals surface area contributed by atoms with E-state index in [9.17, 15) is 13.2 Å². The molecular weight excluding hydrogens is 388 g/mol. The smallest absolute Gasteiger partial charge is 0.258 e. The molecule has 156 valence electrons. The van der Waals surface area contributed by atoms with Crippen LogP contribution in [-0.2, 0) is 21.2 Å². The Bertz CT molecular complexity index is 938. The highest BCUT2D eigenvalue weighted by Crippen LogP contribution is 2.29. The molecule has 0 fully saturated rings. The van der Waals surface area contributed by atoms with E-state index in [1.54, 1.807) is 12.1 Å². The third-order valence-corrected chi connectivity index (χ3v) is 7.31. The first-order valence-corrected chi connectivity index (χ1v) is 11.5. The minimum Gasteiger partial charge on any atom is -0.484 e. The molecule has 1 aliphatic carbocycles. The topological polar surface area (TPSA) is 75.7 Å². The number of nitrogens with zero attached hydrogens (tertiary/aromatic N) is 1. The third kappa shape index (κ3) is 4.97. The van der Waals surface area contributed by atoms with Gasteiger partial charge in [0.1, 0.15) is 5.75 Å². The van der Waals surface area contributed by atoms with Gasteiger partial charge in [-0.1, -0.05) is 38.1 Å². The highest BCUT2D eigenvalue weighted by atomic mass is 32.2. The summed E-state index contributed by atoms with van der Waals surface area (Å²) in [6.45, 7) is 4.34. The van der Waals surface area contributed by atoms with Crippen LogP contribution in [0.4, 0.5) is 0 Å². The Kier molecular flexibility index (Phi) is 6.92. The molecule has 0 unspecified atom stereocenters. The number of hydrogen-bond donors (Lipinski definition) is 1. The van der Waals surface area contributed by atoms with Crippen LogP contribution in [0.2, 0.25) is 0 Å². The van der Waals surface area contributed by atoms with Crippen molar-refractivity contribution in [2.75, 3.05) is 19.7 Å². The van der Waals surface area contributed by atoms with E-state index in [1.165, 1.54) is 27.6 Å². The van der Waals surface area contributed by atoms with Crippen molar-refractivity contribution in [2.24, 2.45) is 0 Å². The number of fused-ring (bicyclic) bond motifs is 1. The first-order chi connectivity index (χ1) is 14.0. The quantitative estimate of drug-likeness (QED) is 0.717. The molecular formula is C22H28N2O4S. The molecule has 1 aliphatic rings. The number of aryl methyl sites for hydroxylation is 1. The summed E-state index contributed by atoms with van der Waals surface area (Å²) in [6, 6.07) is 14.4. The number of ether oxygens (including phenoxy) is 1. The van der Waals surface area contributed by atoms with Gasteiger partial charge in [-0.2, -0.15) is 4.31 Å². The van der Waals surface area contributed by atoms with Gasteiger partial charge in [0.2, 0.25) is 10.0 Å². The zero-order valence-corrected chi connectivity index (χ0v) is 17.7. The normalized spacial score (nSPS) is 16.3. The van der Waals surface area contributed by atoms with Gasteiger partial charge in [-0.15, -0.1) is 0 Å². The van der Waals surface area contributed by atoms with E-state index < -0.39 is 10.0 Å². The molecule has 0 heterocycles. The van der Waals surface area contributed by atoms with Crippen LogP contribution in [0.15, 0.2) is 53.4 Å². The summed E-state index contributed by atoms with van der Waals surface area (Å²) < 4.78 is 32.0. The van der Waals surface area contributed by atoms with Gasteiger partial charge < -0.3 is 10.1 Å². The van der Waals surface area contributed by atoms with Gasteiger partial charge in [-0.25, -0.2) is 8.42 Å². The van der Waals surface area contributed by atoms with Crippen molar-refractivity contribution < 1.29 is 17.9 Å². The lowest BCUT2D eigenvalue weighted by Crippen LogP contribution is -2.34. The fourth-order valence-corrected chi connectivity index (χ4v) is 5.17. The lowest BCUT2D eigenvalue weighted by atomic mass is 9.88. The molecule has 0 saturated heterocycles. The summed E-state index contributed by atoms with van der Waals surface area (Å²) in [5.74, 6) is 0.272. The molecule has 0 bridgehead atoms. The molecule has 6 nitrogen and oxygen atoms in total. The van der Waals surface area contributed by atoms with E-state index in [4.69, 9.17) is 4.74 Å². The predicted octanol–water partition coefficient (Wildman–Crippen LogP) is 3.29. The maximum atomic E-state index is 12.5. The molecule has 0 aromatic heterocycles. The van der Waals surface area contributed by atoms with Gasteiger partial charge >= 0.3 is 0 Å². The van der Waals surface area contributed by atoms with E-state index in [2.05, 4.69) is 17.4 Å². The van der Waals surface area contributed by atoms with Gasteiger partial charge in [0, 0.05) is 13.1 Å². The van der Waals surface area contributed by atoms with Crippen LogP contribution in [0.25, 0.3) is 0 Å². The minimum atomic E-state index is -3.50. The molecule has 7 heteroatoms. The van der Waals surface area contributed by atoms with Gasteiger partial charge in [0.05, 0.1) is 10.9 Å². The summed E-state index contributed by atoms with van der Waals surface area (Å²) in [5.41, 5.74) is 2.47. The summed E-state index contributed by atoms with van der Waals surface area (Å²) in [7, 11) is -3.50. The molecule has 3 rings (SSSR count). The Morgan fingerprint density at radius 3 is 2.48 bits per heavy atom. The molecule has 0 aliphatic heterocycles. The van der Waals surface area contributed by atoms with Crippen molar-refractivity contribution in [3.05, 3.63) is 59.7 Å². The van der Waals surface area contributed by atoms with Crippen molar-refractivity contribution in [3.63, 3.8) is 0 Å². The number of benzene rings is 2. The fourth-order valence-electron chi connectivity index (χ4n) is 3.71. The lowest BCUT2D eigenvalue weighted by Gasteiger charge is -2.26. The van der Waals surface area contributed by atoms with Crippen LogP contribution >= 0.6 is 0 Å². The molecule has 0 spiro atoms. The first-order valence-electron chi connectivity index (χ1n) is 10.1. The lowest BCUT2D eigenvalue weighted by molar-refractivity contribution is -0.124. The molecule has 0 saturated carbocycles. The molecule has 1 atom stereocenters. The van der Waals surface area contributed by atoms with Gasteiger partial charge in [0.25, 0.3) is 5.91 Å². The molecule has 2 aromatic carbocycles. The number of sulfonamides is 1. The van der Waals surface area contributed by atoms with Crippen LogP contribution < -0.4 is 10.1 Å². The van der Waals surface area contributed by atoms with E-state index in [0.717, 1.165) is 19.3 Å². The zero-order valence-electron chi connectivity index (χ0n) is 16.9. The Labute approximate surface area is 172 Å². The zero-order chi connectivity index (χ0) is 20.9. The van der Waals surface area contributed by atoms with E-state index in [1.807, 2.05) is 26.0 Å². The second-order valence-electron chi connectivity index (χ2n) is 7.06. The highest BCUT2D eigenvalue weighted by Gasteiger charge is 2.22. The fraction of sp³-hybridized carbons (Fsp3) is 0.409. The van der Waals surface area contributed by atoms with Gasteiger partial charge in [0.15, 0.2) is 6.61 Å². The van der Waals surface area contributed by atoms with Crippen LogP contribution in [0.5, 0.6) is 5.75 Å². The van der Waals surface area contributed by atoms with Crippen LogP contribution in [0, 0.1) is 0 Å². The number of rotatable bonds is 8. The average molecular weight is 417 g/mol. The summed E-state index contributed by atoms with van der Waals surface area (Å²) in [4.78, 5) is 12.6. The number of carbonyl (C=O) groups is 1. The molecule has 0 radical (unpaired) electrons. The standard InChI is InChI=1S/C22H28N2O4S/c1-3-24(4-2)29(26,27)19-14-12-18(13-15-19)28-16-22(25)23-21-11-7-9-17-8-5-6-10-20(17)21/h5-6,8,10,12-15,21H,3-4,7,9,11,16H2,1-2H3,(H,23,25)/t21-/m0/s1. The highest BCUT2D eigenvalue weighted by molar-refractivity contribution is 7.89. The van der Waals surface area contributed by atoms with Gasteiger partial charge in [-0.3, -0.25) is 4.79 Å². The summed E-state index contributed by atoms with van der Waals surface area (Å²) in [5, 5.41) is 3.04. The number of hydrogen-bond acceptors (Lipinski definition) is 4. The maximum Gasteiger partial charge on any atom is 0.258 e. The molecule has 1 N–H and O–H groups in total. The van der Waals surface area contributed by atoms with Crippen molar-refractivity contribution >= 4 is 15.9 Å². The minimum absolute atomic E-state index is 0.0117. The Morgan fingerprint density at radius 1 is 1.10 bits per heavy atom. The third-order valence-electron chi connectivity index (χ3n) is 5.24. The first kappa shape index (κ1) is 21.3. The monoisotopic (exact) mass is 416 g/mol.